The average molecular weight is 221 g/mol. The first-order valence-corrected chi connectivity index (χ1v) is 4.74. The maximum absolute atomic E-state index is 10.7. The molecule has 0 fully saturated rings. The molecule has 2 heterocycles. The van der Waals surface area contributed by atoms with Crippen LogP contribution in [-0.4, -0.2) is 37.0 Å². The van der Waals surface area contributed by atoms with Crippen LogP contribution in [0, 0.1) is 0 Å². The fraction of sp³-hybridized carbons (Fsp3) is 0.375. The zero-order valence-corrected chi connectivity index (χ0v) is 8.66. The van der Waals surface area contributed by atoms with Gasteiger partial charge in [-0.3, -0.25) is 9.78 Å². The summed E-state index contributed by atoms with van der Waals surface area (Å²) in [6.07, 6.45) is 3.36. The Kier molecular flexibility index (Phi) is 2.63. The van der Waals surface area contributed by atoms with Crippen LogP contribution < -0.4 is 11.1 Å². The summed E-state index contributed by atoms with van der Waals surface area (Å²) in [5, 5.41) is 14.1. The van der Waals surface area contributed by atoms with E-state index in [0.29, 0.717) is 11.5 Å². The summed E-state index contributed by atoms with van der Waals surface area (Å²) in [5.74, 6) is 0.257. The quantitative estimate of drug-likeness (QED) is 0.698. The van der Waals surface area contributed by atoms with Crippen LogP contribution in [0.1, 0.15) is 13.3 Å². The minimum absolute atomic E-state index is 0.103. The number of nitrogens with two attached hydrogens (primary N) is 1. The summed E-state index contributed by atoms with van der Waals surface area (Å²) >= 11 is 0. The van der Waals surface area contributed by atoms with Crippen molar-refractivity contribution in [3.63, 3.8) is 0 Å². The zero-order chi connectivity index (χ0) is 11.5. The van der Waals surface area contributed by atoms with Gasteiger partial charge in [0.25, 0.3) is 0 Å². The summed E-state index contributed by atoms with van der Waals surface area (Å²) < 4.78 is 1.50. The van der Waals surface area contributed by atoms with Gasteiger partial charge >= 0.3 is 0 Å². The molecule has 8 nitrogen and oxygen atoms in total. The van der Waals surface area contributed by atoms with Gasteiger partial charge in [-0.2, -0.15) is 4.52 Å². The monoisotopic (exact) mass is 221 g/mol. The Balaban J connectivity index is 2.20. The third-order valence-electron chi connectivity index (χ3n) is 2.01. The first kappa shape index (κ1) is 10.3. The van der Waals surface area contributed by atoms with Crippen LogP contribution in [0.5, 0.6) is 0 Å². The summed E-state index contributed by atoms with van der Waals surface area (Å²) in [7, 11) is 0. The molecule has 0 aliphatic rings. The minimum Gasteiger partial charge on any atom is -0.370 e. The van der Waals surface area contributed by atoms with Crippen LogP contribution in [0.2, 0.25) is 0 Å². The number of tetrazole rings is 1. The molecule has 0 aliphatic carbocycles. The van der Waals surface area contributed by atoms with Crippen molar-refractivity contribution in [2.45, 2.75) is 19.4 Å². The average Bonchev–Trinajstić information content (AvgIpc) is 2.65. The first-order chi connectivity index (χ1) is 7.66. The van der Waals surface area contributed by atoms with E-state index in [9.17, 15) is 4.79 Å². The highest BCUT2D eigenvalue weighted by molar-refractivity contribution is 5.74. The number of fused-ring (bicyclic) bond motifs is 1. The Morgan fingerprint density at radius 3 is 3.19 bits per heavy atom. The van der Waals surface area contributed by atoms with E-state index in [4.69, 9.17) is 5.73 Å². The standard InChI is InChI=1S/C8H11N7O/c1-5(2-6(9)16)11-7-3-10-4-8-12-13-14-15(7)8/h3-5,11H,2H2,1H3,(H2,9,16). The molecule has 1 amide bonds. The third kappa shape index (κ3) is 2.05. The Morgan fingerprint density at radius 2 is 2.44 bits per heavy atom. The van der Waals surface area contributed by atoms with Crippen molar-refractivity contribution in [1.82, 2.24) is 25.0 Å². The molecule has 8 heteroatoms. The minimum atomic E-state index is -0.364. The summed E-state index contributed by atoms with van der Waals surface area (Å²) in [6, 6.07) is -0.103. The highest BCUT2D eigenvalue weighted by Crippen LogP contribution is 2.08. The second-order valence-electron chi connectivity index (χ2n) is 3.46. The second-order valence-corrected chi connectivity index (χ2v) is 3.46. The SMILES string of the molecule is CC(CC(N)=O)Nc1cncc2nnnn12. The molecule has 0 radical (unpaired) electrons. The number of primary amides is 1. The fourth-order valence-corrected chi connectivity index (χ4v) is 1.38. The van der Waals surface area contributed by atoms with Crippen LogP contribution in [0.25, 0.3) is 5.65 Å². The number of rotatable bonds is 4. The van der Waals surface area contributed by atoms with Crippen LogP contribution in [-0.2, 0) is 4.79 Å². The normalized spacial score (nSPS) is 12.6. The van der Waals surface area contributed by atoms with Gasteiger partial charge in [0, 0.05) is 12.5 Å². The molecule has 1 atom stereocenters. The maximum Gasteiger partial charge on any atom is 0.219 e. The number of anilines is 1. The van der Waals surface area contributed by atoms with Gasteiger partial charge in [-0.1, -0.05) is 0 Å². The molecule has 0 spiro atoms. The van der Waals surface area contributed by atoms with Crippen molar-refractivity contribution < 1.29 is 4.79 Å². The van der Waals surface area contributed by atoms with Crippen molar-refractivity contribution >= 4 is 17.4 Å². The molecule has 84 valence electrons. The van der Waals surface area contributed by atoms with E-state index in [1.54, 1.807) is 12.4 Å². The molecular formula is C8H11N7O. The molecule has 0 saturated carbocycles. The Morgan fingerprint density at radius 1 is 1.62 bits per heavy atom. The van der Waals surface area contributed by atoms with Gasteiger partial charge in [-0.25, -0.2) is 0 Å². The van der Waals surface area contributed by atoms with Crippen molar-refractivity contribution in [3.8, 4) is 0 Å². The van der Waals surface area contributed by atoms with Crippen molar-refractivity contribution in [2.75, 3.05) is 5.32 Å². The molecule has 0 aromatic carbocycles. The van der Waals surface area contributed by atoms with Gasteiger partial charge in [-0.15, -0.1) is 5.10 Å². The molecule has 2 rings (SSSR count). The number of aromatic nitrogens is 5. The number of nitrogens with zero attached hydrogens (tertiary/aromatic N) is 5. The predicted molar refractivity (Wildman–Crippen MR) is 55.5 cm³/mol. The molecule has 0 bridgehead atoms. The molecule has 16 heavy (non-hydrogen) atoms. The molecule has 2 aromatic rings. The number of carbonyl (C=O) groups is 1. The summed E-state index contributed by atoms with van der Waals surface area (Å²) in [5.41, 5.74) is 5.64. The molecule has 1 unspecified atom stereocenters. The molecule has 3 N–H and O–H groups in total. The van der Waals surface area contributed by atoms with Gasteiger partial charge in [0.1, 0.15) is 0 Å². The second kappa shape index (κ2) is 4.09. The van der Waals surface area contributed by atoms with Crippen LogP contribution in [0.4, 0.5) is 5.82 Å². The van der Waals surface area contributed by atoms with Gasteiger partial charge in [0.2, 0.25) is 5.91 Å². The Labute approximate surface area is 90.8 Å². The topological polar surface area (TPSA) is 111 Å². The van der Waals surface area contributed by atoms with E-state index in [0.717, 1.165) is 0 Å². The summed E-state index contributed by atoms with van der Waals surface area (Å²) in [6.45, 7) is 1.84. The highest BCUT2D eigenvalue weighted by atomic mass is 16.1. The third-order valence-corrected chi connectivity index (χ3v) is 2.01. The number of nitrogens with one attached hydrogen (secondary N) is 1. The highest BCUT2D eigenvalue weighted by Gasteiger charge is 2.09. The largest absolute Gasteiger partial charge is 0.370 e. The van der Waals surface area contributed by atoms with E-state index >= 15 is 0 Å². The molecule has 0 saturated heterocycles. The fourth-order valence-electron chi connectivity index (χ4n) is 1.38. The van der Waals surface area contributed by atoms with Crippen molar-refractivity contribution in [2.24, 2.45) is 5.73 Å². The van der Waals surface area contributed by atoms with Crippen LogP contribution in [0.15, 0.2) is 12.4 Å². The van der Waals surface area contributed by atoms with Crippen LogP contribution in [0.3, 0.4) is 0 Å². The lowest BCUT2D eigenvalue weighted by molar-refractivity contribution is -0.118. The van der Waals surface area contributed by atoms with Gasteiger partial charge in [0.15, 0.2) is 11.5 Å². The van der Waals surface area contributed by atoms with Crippen LogP contribution >= 0.6 is 0 Å². The lowest BCUT2D eigenvalue weighted by atomic mass is 10.2. The van der Waals surface area contributed by atoms with Crippen molar-refractivity contribution in [3.05, 3.63) is 12.4 Å². The van der Waals surface area contributed by atoms with E-state index in [1.807, 2.05) is 6.92 Å². The number of carbonyl (C=O) groups excluding carboxylic acids is 1. The predicted octanol–water partition coefficient (Wildman–Crippen LogP) is -0.805. The number of hydrogen-bond acceptors (Lipinski definition) is 6. The summed E-state index contributed by atoms with van der Waals surface area (Å²) in [4.78, 5) is 14.7. The molecule has 2 aromatic heterocycles. The lowest BCUT2D eigenvalue weighted by Crippen LogP contribution is -2.25. The van der Waals surface area contributed by atoms with E-state index in [1.165, 1.54) is 4.52 Å². The maximum atomic E-state index is 10.7. The first-order valence-electron chi connectivity index (χ1n) is 4.74. The van der Waals surface area contributed by atoms with Gasteiger partial charge < -0.3 is 11.1 Å². The smallest absolute Gasteiger partial charge is 0.219 e. The van der Waals surface area contributed by atoms with Crippen molar-refractivity contribution in [1.29, 1.82) is 0 Å². The van der Waals surface area contributed by atoms with E-state index in [-0.39, 0.29) is 18.4 Å². The Hall–Kier alpha value is -2.25. The number of hydrogen-bond donors (Lipinski definition) is 2. The number of amides is 1. The lowest BCUT2D eigenvalue weighted by Gasteiger charge is -2.12. The molecular weight excluding hydrogens is 210 g/mol. The Bertz CT molecular complexity index is 508. The molecule has 0 aliphatic heterocycles. The van der Waals surface area contributed by atoms with Gasteiger partial charge in [-0.05, 0) is 17.4 Å². The van der Waals surface area contributed by atoms with E-state index < -0.39 is 0 Å². The van der Waals surface area contributed by atoms with E-state index in [2.05, 4.69) is 25.8 Å². The zero-order valence-electron chi connectivity index (χ0n) is 8.66. The van der Waals surface area contributed by atoms with Gasteiger partial charge in [0.05, 0.1) is 12.4 Å².